The van der Waals surface area contributed by atoms with Crippen LogP contribution in [0.2, 0.25) is 0 Å². The summed E-state index contributed by atoms with van der Waals surface area (Å²) in [5.41, 5.74) is 7.57. The highest BCUT2D eigenvalue weighted by Crippen LogP contribution is 2.27. The van der Waals surface area contributed by atoms with Gasteiger partial charge in [-0.15, -0.1) is 0 Å². The molecule has 6 nitrogen and oxygen atoms in total. The molecule has 0 radical (unpaired) electrons. The third-order valence-electron chi connectivity index (χ3n) is 5.50. The smallest absolute Gasteiger partial charge is 0.223 e. The summed E-state index contributed by atoms with van der Waals surface area (Å²) in [7, 11) is 2.11. The molecule has 152 valence electrons. The Labute approximate surface area is 167 Å². The van der Waals surface area contributed by atoms with Crippen LogP contribution in [0, 0.1) is 5.92 Å². The van der Waals surface area contributed by atoms with Crippen molar-refractivity contribution in [2.75, 3.05) is 20.1 Å². The maximum Gasteiger partial charge on any atom is 0.223 e. The summed E-state index contributed by atoms with van der Waals surface area (Å²) in [6.07, 6.45) is 3.09. The molecule has 1 aliphatic rings. The lowest BCUT2D eigenvalue weighted by molar-refractivity contribution is -0.131. The van der Waals surface area contributed by atoms with E-state index < -0.39 is 0 Å². The zero-order valence-corrected chi connectivity index (χ0v) is 17.4. The zero-order valence-electron chi connectivity index (χ0n) is 17.4. The van der Waals surface area contributed by atoms with Gasteiger partial charge in [0.1, 0.15) is 0 Å². The summed E-state index contributed by atoms with van der Waals surface area (Å²) in [5.74, 6) is 0.333. The average Bonchev–Trinajstić information content (AvgIpc) is 3.13. The predicted molar refractivity (Wildman–Crippen MR) is 112 cm³/mol. The van der Waals surface area contributed by atoms with Crippen molar-refractivity contribution in [3.63, 3.8) is 0 Å². The number of para-hydroxylation sites is 1. The number of carbonyl (C=O) groups is 2. The molecule has 2 N–H and O–H groups in total. The number of hydrogen-bond donors (Lipinski definition) is 1. The van der Waals surface area contributed by atoms with Crippen LogP contribution in [0.25, 0.3) is 10.9 Å². The van der Waals surface area contributed by atoms with E-state index in [4.69, 9.17) is 5.73 Å². The molecule has 0 spiro atoms. The lowest BCUT2D eigenvalue weighted by Gasteiger charge is -2.32. The van der Waals surface area contributed by atoms with Crippen molar-refractivity contribution in [1.82, 2.24) is 14.4 Å². The Hall–Kier alpha value is -2.34. The quantitative estimate of drug-likeness (QED) is 0.798. The van der Waals surface area contributed by atoms with Crippen molar-refractivity contribution < 1.29 is 9.59 Å². The van der Waals surface area contributed by atoms with Gasteiger partial charge in [0.05, 0.1) is 0 Å². The minimum atomic E-state index is -0.286. The predicted octanol–water partition coefficient (Wildman–Crippen LogP) is 2.60. The molecule has 1 aromatic carbocycles. The van der Waals surface area contributed by atoms with Crippen molar-refractivity contribution in [1.29, 1.82) is 0 Å². The maximum absolute atomic E-state index is 12.3. The van der Waals surface area contributed by atoms with E-state index >= 15 is 0 Å². The normalized spacial score (nSPS) is 17.8. The number of benzene rings is 1. The van der Waals surface area contributed by atoms with Gasteiger partial charge in [0.15, 0.2) is 0 Å². The van der Waals surface area contributed by atoms with E-state index in [-0.39, 0.29) is 17.4 Å². The molecule has 1 saturated heterocycles. The number of carbonyl (C=O) groups excluding carboxylic acids is 2. The minimum absolute atomic E-state index is 0.113. The van der Waals surface area contributed by atoms with Crippen LogP contribution in [0.5, 0.6) is 0 Å². The molecular weight excluding hydrogens is 352 g/mol. The lowest BCUT2D eigenvalue weighted by Crippen LogP contribution is -2.42. The SMILES string of the molecule is CN(Cc1cn(CCC(N)=O)c2ccccc12)C[C@@H]1CC(=O)N(C(C)(C)C)C1. The fourth-order valence-corrected chi connectivity index (χ4v) is 4.21. The van der Waals surface area contributed by atoms with Gasteiger partial charge >= 0.3 is 0 Å². The lowest BCUT2D eigenvalue weighted by atomic mass is 10.1. The molecule has 1 aromatic heterocycles. The van der Waals surface area contributed by atoms with E-state index in [1.807, 2.05) is 17.0 Å². The fraction of sp³-hybridized carbons (Fsp3) is 0.545. The van der Waals surface area contributed by atoms with E-state index in [0.717, 1.165) is 25.2 Å². The van der Waals surface area contributed by atoms with Gasteiger partial charge in [-0.25, -0.2) is 0 Å². The highest BCUT2D eigenvalue weighted by molar-refractivity contribution is 5.84. The third-order valence-corrected chi connectivity index (χ3v) is 5.50. The molecular formula is C22H32N4O2. The molecule has 2 amide bonds. The van der Waals surface area contributed by atoms with Crippen molar-refractivity contribution in [2.24, 2.45) is 11.7 Å². The monoisotopic (exact) mass is 384 g/mol. The van der Waals surface area contributed by atoms with Crippen LogP contribution in [0.3, 0.4) is 0 Å². The Balaban J connectivity index is 1.69. The molecule has 1 fully saturated rings. The van der Waals surface area contributed by atoms with E-state index in [1.165, 1.54) is 10.9 Å². The summed E-state index contributed by atoms with van der Waals surface area (Å²) < 4.78 is 2.11. The second kappa shape index (κ2) is 7.95. The number of likely N-dealkylation sites (tertiary alicyclic amines) is 1. The number of fused-ring (bicyclic) bond motifs is 1. The highest BCUT2D eigenvalue weighted by atomic mass is 16.2. The molecule has 2 aromatic rings. The van der Waals surface area contributed by atoms with Gasteiger partial charge in [0.25, 0.3) is 0 Å². The van der Waals surface area contributed by atoms with E-state index in [1.54, 1.807) is 0 Å². The summed E-state index contributed by atoms with van der Waals surface area (Å²) in [6.45, 7) is 9.40. The Kier molecular flexibility index (Phi) is 5.79. The zero-order chi connectivity index (χ0) is 20.5. The van der Waals surface area contributed by atoms with Gasteiger partial charge in [-0.2, -0.15) is 0 Å². The number of nitrogens with two attached hydrogens (primary N) is 1. The summed E-state index contributed by atoms with van der Waals surface area (Å²) >= 11 is 0. The molecule has 0 aliphatic carbocycles. The first kappa shape index (κ1) is 20.4. The van der Waals surface area contributed by atoms with Crippen LogP contribution in [-0.4, -0.2) is 51.9 Å². The first-order valence-electron chi connectivity index (χ1n) is 9.99. The van der Waals surface area contributed by atoms with Crippen LogP contribution >= 0.6 is 0 Å². The van der Waals surface area contributed by atoms with Gasteiger partial charge in [0, 0.05) is 61.7 Å². The number of rotatable bonds is 7. The Morgan fingerprint density at radius 3 is 2.64 bits per heavy atom. The van der Waals surface area contributed by atoms with E-state index in [9.17, 15) is 9.59 Å². The molecule has 1 aliphatic heterocycles. The molecule has 0 unspecified atom stereocenters. The largest absolute Gasteiger partial charge is 0.370 e. The standard InChI is InChI=1S/C22H32N4O2/c1-22(2,3)26-13-16(11-21(26)28)12-24(4)14-17-15-25(10-9-20(23)27)19-8-6-5-7-18(17)19/h5-8,15-16H,9-14H2,1-4H3,(H2,23,27)/t16-/m0/s1. The third kappa shape index (κ3) is 4.55. The second-order valence-electron chi connectivity index (χ2n) is 9.02. The summed E-state index contributed by atoms with van der Waals surface area (Å²) in [5, 5.41) is 1.21. The van der Waals surface area contributed by atoms with Crippen molar-refractivity contribution >= 4 is 22.7 Å². The van der Waals surface area contributed by atoms with E-state index in [2.05, 4.69) is 55.6 Å². The van der Waals surface area contributed by atoms with E-state index in [0.29, 0.717) is 25.3 Å². The Morgan fingerprint density at radius 1 is 1.29 bits per heavy atom. The number of aryl methyl sites for hydroxylation is 1. The molecule has 28 heavy (non-hydrogen) atoms. The Bertz CT molecular complexity index is 865. The first-order valence-corrected chi connectivity index (χ1v) is 9.99. The van der Waals surface area contributed by atoms with Gasteiger partial charge in [-0.3, -0.25) is 9.59 Å². The van der Waals surface area contributed by atoms with Crippen molar-refractivity contribution in [2.45, 2.75) is 52.2 Å². The topological polar surface area (TPSA) is 71.6 Å². The van der Waals surface area contributed by atoms with Crippen molar-refractivity contribution in [3.8, 4) is 0 Å². The highest BCUT2D eigenvalue weighted by Gasteiger charge is 2.36. The average molecular weight is 385 g/mol. The Morgan fingerprint density at radius 2 is 2.00 bits per heavy atom. The molecule has 3 rings (SSSR count). The number of amides is 2. The number of nitrogens with zero attached hydrogens (tertiary/aromatic N) is 3. The van der Waals surface area contributed by atoms with Gasteiger partial charge in [-0.05, 0) is 45.4 Å². The number of hydrogen-bond acceptors (Lipinski definition) is 3. The number of primary amides is 1. The first-order chi connectivity index (χ1) is 13.1. The van der Waals surface area contributed by atoms with Crippen LogP contribution in [-0.2, 0) is 22.7 Å². The maximum atomic E-state index is 12.3. The van der Waals surface area contributed by atoms with Crippen LogP contribution in [0.1, 0.15) is 39.2 Å². The summed E-state index contributed by atoms with van der Waals surface area (Å²) in [6, 6.07) is 8.26. The van der Waals surface area contributed by atoms with Crippen LogP contribution in [0.4, 0.5) is 0 Å². The van der Waals surface area contributed by atoms with Gasteiger partial charge in [0.2, 0.25) is 11.8 Å². The molecule has 0 saturated carbocycles. The van der Waals surface area contributed by atoms with Gasteiger partial charge in [-0.1, -0.05) is 18.2 Å². The second-order valence-corrected chi connectivity index (χ2v) is 9.02. The van der Waals surface area contributed by atoms with Crippen LogP contribution in [0.15, 0.2) is 30.5 Å². The molecule has 0 bridgehead atoms. The minimum Gasteiger partial charge on any atom is -0.370 e. The number of aromatic nitrogens is 1. The summed E-state index contributed by atoms with van der Waals surface area (Å²) in [4.78, 5) is 27.8. The molecule has 1 atom stereocenters. The molecule has 6 heteroatoms. The van der Waals surface area contributed by atoms with Gasteiger partial charge < -0.3 is 20.1 Å². The van der Waals surface area contributed by atoms with Crippen LogP contribution < -0.4 is 5.73 Å². The fourth-order valence-electron chi connectivity index (χ4n) is 4.21. The molecule has 2 heterocycles. The van der Waals surface area contributed by atoms with Crippen molar-refractivity contribution in [3.05, 3.63) is 36.0 Å².